The van der Waals surface area contributed by atoms with Crippen molar-refractivity contribution in [1.82, 2.24) is 9.29 Å². The average Bonchev–Trinajstić information content (AvgIpc) is 3.11. The second kappa shape index (κ2) is 7.54. The van der Waals surface area contributed by atoms with Crippen molar-refractivity contribution in [3.8, 4) is 0 Å². The minimum atomic E-state index is -4.81. The quantitative estimate of drug-likeness (QED) is 0.516. The van der Waals surface area contributed by atoms with E-state index in [1.165, 1.54) is 0 Å². The van der Waals surface area contributed by atoms with Crippen LogP contribution >= 0.6 is 22.9 Å². The van der Waals surface area contributed by atoms with Crippen LogP contribution in [0.25, 0.3) is 10.2 Å². The van der Waals surface area contributed by atoms with Gasteiger partial charge < -0.3 is 0 Å². The average molecular weight is 461 g/mol. The number of hydrogen-bond acceptors (Lipinski definition) is 4. The minimum Gasteiger partial charge on any atom is -0.241 e. The molecule has 0 N–H and O–H groups in total. The van der Waals surface area contributed by atoms with Gasteiger partial charge in [-0.15, -0.1) is 11.3 Å². The van der Waals surface area contributed by atoms with Crippen LogP contribution in [0, 0.1) is 0 Å². The fraction of sp³-hybridized carbons (Fsp3) is 0.316. The summed E-state index contributed by atoms with van der Waals surface area (Å²) < 4.78 is 68.1. The van der Waals surface area contributed by atoms with E-state index < -0.39 is 26.7 Å². The topological polar surface area (TPSA) is 50.3 Å². The lowest BCUT2D eigenvalue weighted by Crippen LogP contribution is -2.38. The molecule has 0 amide bonds. The number of sulfonamides is 1. The maximum atomic E-state index is 13.4. The van der Waals surface area contributed by atoms with Crippen molar-refractivity contribution in [2.75, 3.05) is 13.1 Å². The van der Waals surface area contributed by atoms with Gasteiger partial charge >= 0.3 is 6.18 Å². The summed E-state index contributed by atoms with van der Waals surface area (Å²) in [5.41, 5.74) is -0.336. The van der Waals surface area contributed by atoms with Gasteiger partial charge in [-0.2, -0.15) is 17.5 Å². The highest BCUT2D eigenvalue weighted by Gasteiger charge is 2.40. The number of piperidine rings is 1. The molecular weight excluding hydrogens is 445 g/mol. The lowest BCUT2D eigenvalue weighted by atomic mass is 9.99. The van der Waals surface area contributed by atoms with Crippen LogP contribution < -0.4 is 0 Å². The van der Waals surface area contributed by atoms with Gasteiger partial charge in [0, 0.05) is 24.0 Å². The lowest BCUT2D eigenvalue weighted by molar-refractivity contribution is -0.139. The van der Waals surface area contributed by atoms with E-state index in [0.717, 1.165) is 31.7 Å². The molecule has 3 aromatic rings. The molecule has 0 atom stereocenters. The van der Waals surface area contributed by atoms with Gasteiger partial charge in [-0.3, -0.25) is 0 Å². The molecule has 1 aromatic heterocycles. The normalized spacial score (nSPS) is 17.1. The molecule has 1 aliphatic rings. The SMILES string of the molecule is O=S(=O)(c1ccc(Cl)cc1C(F)(F)F)N1CCC(c2nc3ccccc3s2)CC1. The Hall–Kier alpha value is -1.68. The van der Waals surface area contributed by atoms with Gasteiger partial charge in [0.2, 0.25) is 10.0 Å². The summed E-state index contributed by atoms with van der Waals surface area (Å²) in [7, 11) is -4.29. The van der Waals surface area contributed by atoms with E-state index in [1.54, 1.807) is 11.3 Å². The zero-order valence-corrected chi connectivity index (χ0v) is 17.4. The van der Waals surface area contributed by atoms with Crippen LogP contribution in [0.3, 0.4) is 0 Å². The third-order valence-electron chi connectivity index (χ3n) is 4.98. The highest BCUT2D eigenvalue weighted by Crippen LogP contribution is 2.39. The fourth-order valence-electron chi connectivity index (χ4n) is 3.50. The molecule has 4 rings (SSSR count). The van der Waals surface area contributed by atoms with Gasteiger partial charge in [0.25, 0.3) is 0 Å². The second-order valence-corrected chi connectivity index (χ2v) is 10.2. The summed E-state index contributed by atoms with van der Waals surface area (Å²) in [6.07, 6.45) is -3.80. The van der Waals surface area contributed by atoms with Crippen LogP contribution in [-0.4, -0.2) is 30.8 Å². The van der Waals surface area contributed by atoms with E-state index >= 15 is 0 Å². The van der Waals surface area contributed by atoms with Crippen LogP contribution in [0.1, 0.15) is 29.3 Å². The molecule has 2 heterocycles. The number of hydrogen-bond donors (Lipinski definition) is 0. The molecule has 0 spiro atoms. The van der Waals surface area contributed by atoms with Gasteiger partial charge in [0.15, 0.2) is 0 Å². The first-order valence-corrected chi connectivity index (χ1v) is 11.5. The zero-order valence-electron chi connectivity index (χ0n) is 15.0. The Morgan fingerprint density at radius 2 is 1.79 bits per heavy atom. The number of fused-ring (bicyclic) bond motifs is 1. The first-order valence-electron chi connectivity index (χ1n) is 8.88. The summed E-state index contributed by atoms with van der Waals surface area (Å²) in [6.45, 7) is 0.283. The summed E-state index contributed by atoms with van der Waals surface area (Å²) in [5.74, 6) is 0.0890. The molecule has 0 radical (unpaired) electrons. The van der Waals surface area contributed by atoms with Crippen molar-refractivity contribution < 1.29 is 21.6 Å². The Morgan fingerprint density at radius 3 is 2.45 bits per heavy atom. The monoisotopic (exact) mass is 460 g/mol. The van der Waals surface area contributed by atoms with Crippen LogP contribution in [0.2, 0.25) is 5.02 Å². The molecule has 1 fully saturated rings. The standard InChI is InChI=1S/C19H16ClF3N2O2S2/c20-13-5-6-17(14(11-13)19(21,22)23)29(26,27)25-9-7-12(8-10-25)18-24-15-3-1-2-4-16(15)28-18/h1-6,11-12H,7-10H2. The number of nitrogens with zero attached hydrogens (tertiary/aromatic N) is 2. The third-order valence-corrected chi connectivity index (χ3v) is 8.37. The highest BCUT2D eigenvalue weighted by atomic mass is 35.5. The van der Waals surface area contributed by atoms with E-state index in [4.69, 9.17) is 11.6 Å². The lowest BCUT2D eigenvalue weighted by Gasteiger charge is -2.31. The van der Waals surface area contributed by atoms with Crippen LogP contribution in [0.5, 0.6) is 0 Å². The maximum absolute atomic E-state index is 13.4. The molecule has 0 bridgehead atoms. The molecule has 0 unspecified atom stereocenters. The number of aromatic nitrogens is 1. The van der Waals surface area contributed by atoms with Crippen molar-refractivity contribution in [3.05, 3.63) is 58.1 Å². The summed E-state index contributed by atoms with van der Waals surface area (Å²) in [5, 5.41) is 0.775. The van der Waals surface area contributed by atoms with Crippen molar-refractivity contribution in [2.24, 2.45) is 0 Å². The van der Waals surface area contributed by atoms with Crippen LogP contribution in [-0.2, 0) is 16.2 Å². The number of benzene rings is 2. The Balaban J connectivity index is 1.56. The molecule has 4 nitrogen and oxygen atoms in total. The van der Waals surface area contributed by atoms with E-state index in [9.17, 15) is 21.6 Å². The maximum Gasteiger partial charge on any atom is 0.417 e. The van der Waals surface area contributed by atoms with Crippen molar-refractivity contribution >= 4 is 43.2 Å². The molecule has 10 heteroatoms. The Labute approximate surface area is 175 Å². The second-order valence-electron chi connectivity index (χ2n) is 6.84. The third kappa shape index (κ3) is 4.01. The smallest absolute Gasteiger partial charge is 0.241 e. The summed E-state index contributed by atoms with van der Waals surface area (Å²) >= 11 is 7.24. The summed E-state index contributed by atoms with van der Waals surface area (Å²) in [6, 6.07) is 10.5. The van der Waals surface area contributed by atoms with E-state index in [1.807, 2.05) is 24.3 Å². The largest absolute Gasteiger partial charge is 0.417 e. The number of thiazole rings is 1. The molecule has 29 heavy (non-hydrogen) atoms. The van der Waals surface area contributed by atoms with Crippen molar-refractivity contribution in [3.63, 3.8) is 0 Å². The Morgan fingerprint density at radius 1 is 1.10 bits per heavy atom. The van der Waals surface area contributed by atoms with Crippen LogP contribution in [0.4, 0.5) is 13.2 Å². The van der Waals surface area contributed by atoms with E-state index in [2.05, 4.69) is 4.98 Å². The van der Waals surface area contributed by atoms with Gasteiger partial charge in [0.1, 0.15) is 0 Å². The van der Waals surface area contributed by atoms with Gasteiger partial charge in [-0.25, -0.2) is 13.4 Å². The molecule has 1 aliphatic heterocycles. The minimum absolute atomic E-state index is 0.0890. The van der Waals surface area contributed by atoms with Gasteiger partial charge in [0.05, 0.1) is 25.7 Å². The van der Waals surface area contributed by atoms with Crippen LogP contribution in [0.15, 0.2) is 47.4 Å². The molecule has 1 saturated heterocycles. The van der Waals surface area contributed by atoms with Gasteiger partial charge in [-0.1, -0.05) is 23.7 Å². The first-order chi connectivity index (χ1) is 13.7. The molecule has 0 saturated carbocycles. The zero-order chi connectivity index (χ0) is 20.8. The van der Waals surface area contributed by atoms with Gasteiger partial charge in [-0.05, 0) is 43.2 Å². The number of rotatable bonds is 3. The highest BCUT2D eigenvalue weighted by molar-refractivity contribution is 7.89. The predicted molar refractivity (Wildman–Crippen MR) is 107 cm³/mol. The van der Waals surface area contributed by atoms with Crippen molar-refractivity contribution in [1.29, 1.82) is 0 Å². The number of para-hydroxylation sites is 1. The summed E-state index contributed by atoms with van der Waals surface area (Å²) in [4.78, 5) is 3.87. The van der Waals surface area contributed by atoms with E-state index in [-0.39, 0.29) is 24.0 Å². The fourth-order valence-corrected chi connectivity index (χ4v) is 6.47. The molecule has 0 aliphatic carbocycles. The van der Waals surface area contributed by atoms with Crippen molar-refractivity contribution in [2.45, 2.75) is 29.8 Å². The Bertz CT molecular complexity index is 1120. The number of halogens is 4. The number of alkyl halides is 3. The predicted octanol–water partition coefficient (Wildman–Crippen LogP) is 5.54. The first kappa shape index (κ1) is 20.6. The molecular formula is C19H16ClF3N2O2S2. The molecule has 2 aromatic carbocycles. The van der Waals surface area contributed by atoms with E-state index in [0.29, 0.717) is 18.9 Å². The Kier molecular flexibility index (Phi) is 5.35. The molecule has 154 valence electrons.